The van der Waals surface area contributed by atoms with Crippen LogP contribution in [0.15, 0.2) is 48.9 Å². The number of hydrogen-bond donors (Lipinski definition) is 2. The zero-order valence-electron chi connectivity index (χ0n) is 9.78. The van der Waals surface area contributed by atoms with Gasteiger partial charge in [-0.3, -0.25) is 14.8 Å². The molecular formula is C13H14N4O. The van der Waals surface area contributed by atoms with Crippen LogP contribution in [-0.2, 0) is 11.3 Å². The molecule has 2 rings (SSSR count). The largest absolute Gasteiger partial charge is 0.350 e. The van der Waals surface area contributed by atoms with Crippen molar-refractivity contribution in [2.75, 3.05) is 0 Å². The number of carbonyl (C=O) groups is 1. The third-order valence-electron chi connectivity index (χ3n) is 2.49. The minimum absolute atomic E-state index is 0.264. The summed E-state index contributed by atoms with van der Waals surface area (Å²) < 4.78 is 0. The summed E-state index contributed by atoms with van der Waals surface area (Å²) >= 11 is 0. The zero-order valence-corrected chi connectivity index (χ0v) is 9.78. The molecule has 1 atom stereocenters. The molecule has 0 aliphatic rings. The number of hydrogen-bond acceptors (Lipinski definition) is 4. The first kappa shape index (κ1) is 12.2. The van der Waals surface area contributed by atoms with Crippen molar-refractivity contribution in [2.45, 2.75) is 12.6 Å². The summed E-state index contributed by atoms with van der Waals surface area (Å²) in [5, 5.41) is 2.77. The average molecular weight is 242 g/mol. The number of carbonyl (C=O) groups excluding carboxylic acids is 1. The number of nitrogens with one attached hydrogen (secondary N) is 1. The smallest absolute Gasteiger partial charge is 0.243 e. The Morgan fingerprint density at radius 2 is 2.06 bits per heavy atom. The maximum Gasteiger partial charge on any atom is 0.243 e. The minimum Gasteiger partial charge on any atom is -0.350 e. The van der Waals surface area contributed by atoms with E-state index in [0.29, 0.717) is 12.2 Å². The van der Waals surface area contributed by atoms with Crippen LogP contribution in [0.1, 0.15) is 17.3 Å². The van der Waals surface area contributed by atoms with Crippen molar-refractivity contribution in [1.82, 2.24) is 15.3 Å². The zero-order chi connectivity index (χ0) is 12.8. The third-order valence-corrected chi connectivity index (χ3v) is 2.49. The normalized spacial score (nSPS) is 11.8. The molecule has 92 valence electrons. The maximum absolute atomic E-state index is 11.8. The lowest BCUT2D eigenvalue weighted by Gasteiger charge is -2.11. The van der Waals surface area contributed by atoms with E-state index in [-0.39, 0.29) is 5.91 Å². The van der Waals surface area contributed by atoms with Crippen molar-refractivity contribution in [3.8, 4) is 0 Å². The van der Waals surface area contributed by atoms with Gasteiger partial charge in [-0.25, -0.2) is 0 Å². The SMILES string of the molecule is N[C@H](C(=O)NCc1ccccc1)c1cnccn1. The van der Waals surface area contributed by atoms with Gasteiger partial charge in [0.05, 0.1) is 11.9 Å². The van der Waals surface area contributed by atoms with Crippen LogP contribution in [0.2, 0.25) is 0 Å². The van der Waals surface area contributed by atoms with E-state index >= 15 is 0 Å². The molecule has 0 fully saturated rings. The van der Waals surface area contributed by atoms with E-state index in [4.69, 9.17) is 5.73 Å². The van der Waals surface area contributed by atoms with Crippen molar-refractivity contribution >= 4 is 5.91 Å². The molecule has 3 N–H and O–H groups in total. The Kier molecular flexibility index (Phi) is 3.98. The van der Waals surface area contributed by atoms with Crippen LogP contribution < -0.4 is 11.1 Å². The molecule has 1 heterocycles. The van der Waals surface area contributed by atoms with Gasteiger partial charge in [-0.05, 0) is 5.56 Å². The molecule has 1 amide bonds. The van der Waals surface area contributed by atoms with E-state index in [1.807, 2.05) is 30.3 Å². The van der Waals surface area contributed by atoms with Crippen LogP contribution in [0, 0.1) is 0 Å². The monoisotopic (exact) mass is 242 g/mol. The van der Waals surface area contributed by atoms with Gasteiger partial charge in [0.25, 0.3) is 0 Å². The molecule has 0 aliphatic heterocycles. The van der Waals surface area contributed by atoms with Crippen molar-refractivity contribution in [1.29, 1.82) is 0 Å². The van der Waals surface area contributed by atoms with Crippen molar-refractivity contribution < 1.29 is 4.79 Å². The van der Waals surface area contributed by atoms with Gasteiger partial charge in [0.2, 0.25) is 5.91 Å². The highest BCUT2D eigenvalue weighted by Gasteiger charge is 2.16. The van der Waals surface area contributed by atoms with Gasteiger partial charge in [-0.15, -0.1) is 0 Å². The van der Waals surface area contributed by atoms with E-state index in [1.165, 1.54) is 18.6 Å². The number of nitrogens with two attached hydrogens (primary N) is 1. The summed E-state index contributed by atoms with van der Waals surface area (Å²) in [4.78, 5) is 19.7. The standard InChI is InChI=1S/C13H14N4O/c14-12(11-9-15-6-7-16-11)13(18)17-8-10-4-2-1-3-5-10/h1-7,9,12H,8,14H2,(H,17,18)/t12-/m0/s1. The Labute approximate surface area is 105 Å². The summed E-state index contributed by atoms with van der Waals surface area (Å²) in [6.45, 7) is 0.452. The second-order valence-corrected chi connectivity index (χ2v) is 3.81. The molecule has 5 nitrogen and oxygen atoms in total. The second kappa shape index (κ2) is 5.88. The highest BCUT2D eigenvalue weighted by Crippen LogP contribution is 2.05. The van der Waals surface area contributed by atoms with Crippen LogP contribution in [0.25, 0.3) is 0 Å². The number of benzene rings is 1. The Morgan fingerprint density at radius 3 is 2.72 bits per heavy atom. The summed E-state index contributed by atoms with van der Waals surface area (Å²) in [7, 11) is 0. The quantitative estimate of drug-likeness (QED) is 0.830. The molecule has 0 bridgehead atoms. The molecule has 18 heavy (non-hydrogen) atoms. The van der Waals surface area contributed by atoms with Gasteiger partial charge < -0.3 is 11.1 Å². The van der Waals surface area contributed by atoms with Crippen molar-refractivity contribution in [3.05, 3.63) is 60.2 Å². The summed E-state index contributed by atoms with van der Waals surface area (Å²) in [6.07, 6.45) is 4.55. The van der Waals surface area contributed by atoms with E-state index < -0.39 is 6.04 Å². The lowest BCUT2D eigenvalue weighted by molar-refractivity contribution is -0.122. The van der Waals surface area contributed by atoms with Crippen LogP contribution in [-0.4, -0.2) is 15.9 Å². The van der Waals surface area contributed by atoms with Gasteiger partial charge in [0, 0.05) is 18.9 Å². The fraction of sp³-hybridized carbons (Fsp3) is 0.154. The highest BCUT2D eigenvalue weighted by atomic mass is 16.2. The van der Waals surface area contributed by atoms with E-state index in [9.17, 15) is 4.79 Å². The predicted molar refractivity (Wildman–Crippen MR) is 67.2 cm³/mol. The first-order valence-electron chi connectivity index (χ1n) is 5.60. The van der Waals surface area contributed by atoms with Crippen LogP contribution in [0.3, 0.4) is 0 Å². The number of amides is 1. The Balaban J connectivity index is 1.93. The van der Waals surface area contributed by atoms with E-state index in [0.717, 1.165) is 5.56 Å². The van der Waals surface area contributed by atoms with Gasteiger partial charge in [-0.1, -0.05) is 30.3 Å². The molecule has 1 aromatic heterocycles. The Morgan fingerprint density at radius 1 is 1.28 bits per heavy atom. The van der Waals surface area contributed by atoms with Gasteiger partial charge in [-0.2, -0.15) is 0 Å². The lowest BCUT2D eigenvalue weighted by Crippen LogP contribution is -2.34. The summed E-state index contributed by atoms with van der Waals surface area (Å²) in [5.41, 5.74) is 7.27. The average Bonchev–Trinajstić information content (AvgIpc) is 2.46. The highest BCUT2D eigenvalue weighted by molar-refractivity contribution is 5.82. The molecule has 5 heteroatoms. The third kappa shape index (κ3) is 3.11. The molecule has 0 unspecified atom stereocenters. The predicted octanol–water partition coefficient (Wildman–Crippen LogP) is 0.793. The molecule has 0 aliphatic carbocycles. The topological polar surface area (TPSA) is 80.9 Å². The molecule has 1 aromatic carbocycles. The first-order chi connectivity index (χ1) is 8.77. The fourth-order valence-electron chi connectivity index (χ4n) is 1.50. The fourth-order valence-corrected chi connectivity index (χ4v) is 1.50. The minimum atomic E-state index is -0.789. The van der Waals surface area contributed by atoms with Gasteiger partial charge in [0.1, 0.15) is 6.04 Å². The Bertz CT molecular complexity index is 501. The van der Waals surface area contributed by atoms with Gasteiger partial charge in [0.15, 0.2) is 0 Å². The maximum atomic E-state index is 11.8. The van der Waals surface area contributed by atoms with Crippen LogP contribution >= 0.6 is 0 Å². The molecule has 0 spiro atoms. The summed E-state index contributed by atoms with van der Waals surface area (Å²) in [5.74, 6) is -0.264. The number of rotatable bonds is 4. The second-order valence-electron chi connectivity index (χ2n) is 3.81. The number of aromatic nitrogens is 2. The lowest BCUT2D eigenvalue weighted by atomic mass is 10.2. The first-order valence-corrected chi connectivity index (χ1v) is 5.60. The molecular weight excluding hydrogens is 228 g/mol. The number of nitrogens with zero attached hydrogens (tertiary/aromatic N) is 2. The van der Waals surface area contributed by atoms with Crippen LogP contribution in [0.4, 0.5) is 0 Å². The Hall–Kier alpha value is -2.27. The van der Waals surface area contributed by atoms with Gasteiger partial charge >= 0.3 is 0 Å². The molecule has 0 saturated carbocycles. The van der Waals surface area contributed by atoms with E-state index in [1.54, 1.807) is 0 Å². The van der Waals surface area contributed by atoms with Crippen LogP contribution in [0.5, 0.6) is 0 Å². The van der Waals surface area contributed by atoms with Crippen molar-refractivity contribution in [2.24, 2.45) is 5.73 Å². The van der Waals surface area contributed by atoms with Crippen molar-refractivity contribution in [3.63, 3.8) is 0 Å². The molecule has 0 saturated heterocycles. The molecule has 0 radical (unpaired) electrons. The molecule has 2 aromatic rings. The summed E-state index contributed by atoms with van der Waals surface area (Å²) in [6, 6.07) is 8.86. The van der Waals surface area contributed by atoms with E-state index in [2.05, 4.69) is 15.3 Å².